The van der Waals surface area contributed by atoms with Crippen molar-refractivity contribution in [1.82, 2.24) is 9.21 Å². The fraction of sp³-hybridized carbons (Fsp3) is 0.696. The fourth-order valence-electron chi connectivity index (χ4n) is 5.08. The van der Waals surface area contributed by atoms with Crippen LogP contribution in [-0.2, 0) is 24.2 Å². The molecule has 2 saturated heterocycles. The minimum atomic E-state index is -3.85. The van der Waals surface area contributed by atoms with E-state index in [0.29, 0.717) is 44.0 Å². The third-order valence-corrected chi connectivity index (χ3v) is 9.44. The topological polar surface area (TPSA) is 106 Å². The summed E-state index contributed by atoms with van der Waals surface area (Å²) < 4.78 is 46.7. The molecule has 34 heavy (non-hydrogen) atoms. The fourth-order valence-corrected chi connectivity index (χ4v) is 7.10. The summed E-state index contributed by atoms with van der Waals surface area (Å²) in [5.41, 5.74) is -0.895. The summed E-state index contributed by atoms with van der Waals surface area (Å²) in [5, 5.41) is 9.42. The van der Waals surface area contributed by atoms with E-state index in [1.54, 1.807) is 21.3 Å². The maximum atomic E-state index is 13.9. The van der Waals surface area contributed by atoms with Gasteiger partial charge in [0, 0.05) is 11.6 Å². The minimum absolute atomic E-state index is 0.0637. The number of benzene rings is 1. The number of sulfonamides is 1. The molecular weight excluding hydrogens is 484 g/mol. The van der Waals surface area contributed by atoms with E-state index in [9.17, 15) is 13.2 Å². The van der Waals surface area contributed by atoms with E-state index in [0.717, 1.165) is 12.8 Å². The first-order chi connectivity index (χ1) is 16.3. The van der Waals surface area contributed by atoms with Crippen molar-refractivity contribution in [2.24, 2.45) is 5.92 Å². The zero-order valence-corrected chi connectivity index (χ0v) is 20.5. The molecule has 0 radical (unpaired) electrons. The molecular formula is C23H31ClN2O7S. The summed E-state index contributed by atoms with van der Waals surface area (Å²) >= 11 is 5.99. The maximum absolute atomic E-state index is 13.9. The molecule has 0 bridgehead atoms. The molecule has 188 valence electrons. The van der Waals surface area contributed by atoms with E-state index in [4.69, 9.17) is 30.9 Å². The Morgan fingerprint density at radius 2 is 1.91 bits per heavy atom. The zero-order chi connectivity index (χ0) is 23.9. The number of nitrogens with zero attached hydrogens (tertiary/aromatic N) is 2. The number of aliphatic hydroxyl groups excluding tert-OH is 1. The monoisotopic (exact) mass is 514 g/mol. The highest BCUT2D eigenvalue weighted by Gasteiger charge is 2.62. The minimum Gasteiger partial charge on any atom is -0.441 e. The Morgan fingerprint density at radius 3 is 2.56 bits per heavy atom. The van der Waals surface area contributed by atoms with Gasteiger partial charge in [0.05, 0.1) is 56.1 Å². The first-order valence-corrected chi connectivity index (χ1v) is 13.7. The molecule has 2 heterocycles. The van der Waals surface area contributed by atoms with Crippen molar-refractivity contribution in [2.75, 3.05) is 39.5 Å². The van der Waals surface area contributed by atoms with Gasteiger partial charge in [-0.3, -0.25) is 0 Å². The number of aliphatic hydroxyl groups is 1. The number of carbonyl (C=O) groups is 1. The second-order valence-corrected chi connectivity index (χ2v) is 11.9. The highest BCUT2D eigenvalue weighted by atomic mass is 35.5. The van der Waals surface area contributed by atoms with Gasteiger partial charge >= 0.3 is 6.09 Å². The number of hydrogen-bond acceptors (Lipinski definition) is 7. The van der Waals surface area contributed by atoms with Gasteiger partial charge in [-0.25, -0.2) is 13.2 Å². The average Bonchev–Trinajstić information content (AvgIpc) is 3.76. The van der Waals surface area contributed by atoms with Crippen LogP contribution in [0.2, 0.25) is 5.02 Å². The molecule has 5 rings (SSSR count). The third kappa shape index (κ3) is 4.81. The van der Waals surface area contributed by atoms with E-state index in [-0.39, 0.29) is 42.8 Å². The lowest BCUT2D eigenvalue weighted by Crippen LogP contribution is -2.61. The van der Waals surface area contributed by atoms with Crippen molar-refractivity contribution in [3.63, 3.8) is 0 Å². The summed E-state index contributed by atoms with van der Waals surface area (Å²) in [7, 11) is -3.85. The second-order valence-electron chi connectivity index (χ2n) is 9.63. The summed E-state index contributed by atoms with van der Waals surface area (Å²) in [5.74, 6) is 0.249. The van der Waals surface area contributed by atoms with Crippen LogP contribution in [0.4, 0.5) is 4.79 Å². The van der Waals surface area contributed by atoms with Gasteiger partial charge in [0.1, 0.15) is 5.60 Å². The number of carbonyl (C=O) groups excluding carboxylic acids is 1. The molecule has 9 nitrogen and oxygen atoms in total. The van der Waals surface area contributed by atoms with Gasteiger partial charge in [-0.1, -0.05) is 11.6 Å². The number of ether oxygens (including phenoxy) is 3. The molecule has 0 spiro atoms. The summed E-state index contributed by atoms with van der Waals surface area (Å²) in [4.78, 5) is 14.8. The number of hydrogen-bond donors (Lipinski definition) is 1. The lowest BCUT2D eigenvalue weighted by Gasteiger charge is -2.44. The Bertz CT molecular complexity index is 997. The average molecular weight is 515 g/mol. The Hall–Kier alpha value is -1.43. The molecule has 11 heteroatoms. The predicted molar refractivity (Wildman–Crippen MR) is 123 cm³/mol. The van der Waals surface area contributed by atoms with Crippen molar-refractivity contribution in [3.05, 3.63) is 29.3 Å². The Morgan fingerprint density at radius 1 is 1.18 bits per heavy atom. The number of likely N-dealkylation sites (tertiary alicyclic amines) is 1. The van der Waals surface area contributed by atoms with Crippen molar-refractivity contribution in [1.29, 1.82) is 0 Å². The Kier molecular flexibility index (Phi) is 6.82. The number of morpholine rings is 1. The van der Waals surface area contributed by atoms with Crippen LogP contribution in [-0.4, -0.2) is 92.1 Å². The van der Waals surface area contributed by atoms with Crippen molar-refractivity contribution < 1.29 is 32.5 Å². The largest absolute Gasteiger partial charge is 0.441 e. The predicted octanol–water partition coefficient (Wildman–Crippen LogP) is 2.26. The molecule has 4 fully saturated rings. The van der Waals surface area contributed by atoms with Crippen LogP contribution < -0.4 is 0 Å². The summed E-state index contributed by atoms with van der Waals surface area (Å²) in [6.45, 7) is 1.60. The number of amides is 1. The van der Waals surface area contributed by atoms with Gasteiger partial charge < -0.3 is 24.2 Å². The van der Waals surface area contributed by atoms with Crippen LogP contribution in [0.15, 0.2) is 29.2 Å². The number of rotatable bonds is 8. The van der Waals surface area contributed by atoms with Crippen LogP contribution in [0.5, 0.6) is 0 Å². The molecule has 4 aliphatic rings. The highest BCUT2D eigenvalue weighted by molar-refractivity contribution is 7.89. The molecule has 2 saturated carbocycles. The first-order valence-electron chi connectivity index (χ1n) is 11.9. The van der Waals surface area contributed by atoms with Gasteiger partial charge in [-0.15, -0.1) is 0 Å². The highest BCUT2D eigenvalue weighted by Crippen LogP contribution is 2.50. The van der Waals surface area contributed by atoms with Crippen LogP contribution in [0.25, 0.3) is 0 Å². The van der Waals surface area contributed by atoms with Crippen LogP contribution >= 0.6 is 11.6 Å². The normalized spacial score (nSPS) is 29.2. The standard InChI is InChI=1S/C23H31ClN2O7S/c24-17-3-5-19(6-4-17)34(29,30)26-20(16-1-2-16)14-31-15-21(26)23(8-9-23)33-22(28)25-10-7-18(13-25)32-12-11-27/h3-6,16,18,20-21,27H,1-2,7-15H2/t18-,20-,21+/m0/s1. The van der Waals surface area contributed by atoms with E-state index in [1.807, 2.05) is 0 Å². The molecule has 1 N–H and O–H groups in total. The Balaban J connectivity index is 1.36. The quantitative estimate of drug-likeness (QED) is 0.567. The zero-order valence-electron chi connectivity index (χ0n) is 19.0. The van der Waals surface area contributed by atoms with Gasteiger partial charge in [0.2, 0.25) is 10.0 Å². The maximum Gasteiger partial charge on any atom is 0.410 e. The van der Waals surface area contributed by atoms with E-state index >= 15 is 0 Å². The van der Waals surface area contributed by atoms with Gasteiger partial charge in [-0.05, 0) is 62.3 Å². The molecule has 2 aliphatic heterocycles. The molecule has 3 atom stereocenters. The second kappa shape index (κ2) is 9.55. The molecule has 1 aromatic rings. The molecule has 1 aromatic carbocycles. The lowest BCUT2D eigenvalue weighted by molar-refractivity contribution is -0.0751. The summed E-state index contributed by atoms with van der Waals surface area (Å²) in [6, 6.07) is 5.34. The first kappa shape index (κ1) is 24.3. The Labute approximate surface area is 204 Å². The van der Waals surface area contributed by atoms with Gasteiger partial charge in [0.15, 0.2) is 0 Å². The molecule has 1 amide bonds. The molecule has 2 aliphatic carbocycles. The van der Waals surface area contributed by atoms with Crippen molar-refractivity contribution >= 4 is 27.7 Å². The van der Waals surface area contributed by atoms with Gasteiger partial charge in [-0.2, -0.15) is 4.31 Å². The van der Waals surface area contributed by atoms with Crippen LogP contribution in [0.3, 0.4) is 0 Å². The number of halogens is 1. The summed E-state index contributed by atoms with van der Waals surface area (Å²) in [6.07, 6.45) is 3.20. The van der Waals surface area contributed by atoms with Crippen LogP contribution in [0, 0.1) is 5.92 Å². The van der Waals surface area contributed by atoms with E-state index < -0.39 is 27.8 Å². The van der Waals surface area contributed by atoms with Crippen LogP contribution in [0.1, 0.15) is 32.1 Å². The molecule has 0 aromatic heterocycles. The van der Waals surface area contributed by atoms with Gasteiger partial charge in [0.25, 0.3) is 0 Å². The van der Waals surface area contributed by atoms with Crippen molar-refractivity contribution in [2.45, 2.75) is 60.8 Å². The lowest BCUT2D eigenvalue weighted by atomic mass is 10.0. The van der Waals surface area contributed by atoms with Crippen molar-refractivity contribution in [3.8, 4) is 0 Å². The SMILES string of the molecule is O=C(OC1([C@H]2COC[C@@H](C3CC3)N2S(=O)(=O)c2ccc(Cl)cc2)CC1)N1CC[C@H](OCCO)C1. The smallest absolute Gasteiger partial charge is 0.410 e. The third-order valence-electron chi connectivity index (χ3n) is 7.24. The molecule has 0 unspecified atom stereocenters. The van der Waals surface area contributed by atoms with E-state index in [1.165, 1.54) is 12.1 Å². The van der Waals surface area contributed by atoms with E-state index in [2.05, 4.69) is 0 Å².